The summed E-state index contributed by atoms with van der Waals surface area (Å²) in [5.41, 5.74) is 6.19. The van der Waals surface area contributed by atoms with Gasteiger partial charge in [-0.2, -0.15) is 0 Å². The zero-order valence-corrected chi connectivity index (χ0v) is 11.7. The molecule has 0 saturated heterocycles. The van der Waals surface area contributed by atoms with Crippen LogP contribution in [0.1, 0.15) is 59.4 Å². The Morgan fingerprint density at radius 2 is 2.17 bits per heavy atom. The second-order valence-corrected chi connectivity index (χ2v) is 6.44. The monoisotopic (exact) mass is 268 g/mol. The lowest BCUT2D eigenvalue weighted by molar-refractivity contribution is 0.0690. The molecule has 0 unspecified atom stereocenters. The van der Waals surface area contributed by atoms with E-state index < -0.39 is 11.5 Å². The zero-order chi connectivity index (χ0) is 13.3. The third kappa shape index (κ3) is 2.42. The Hall–Kier alpha value is -0.940. The van der Waals surface area contributed by atoms with Crippen molar-refractivity contribution >= 4 is 17.3 Å². The largest absolute Gasteiger partial charge is 0.476 e. The van der Waals surface area contributed by atoms with Gasteiger partial charge in [0.25, 0.3) is 0 Å². The number of aryl methyl sites for hydroxylation is 1. The standard InChI is InChI=1S/C13H20N2O2S/c1-3-9-4-6-13(14,7-5-9)12-15-10(11(16)17)8(2)18-12/h9H,3-7,14H2,1-2H3,(H,16,17). The Kier molecular flexibility index (Phi) is 3.73. The van der Waals surface area contributed by atoms with Crippen LogP contribution in [-0.2, 0) is 5.54 Å². The summed E-state index contributed by atoms with van der Waals surface area (Å²) in [6.07, 6.45) is 5.27. The van der Waals surface area contributed by atoms with Gasteiger partial charge >= 0.3 is 5.97 Å². The molecule has 0 atom stereocenters. The van der Waals surface area contributed by atoms with Gasteiger partial charge in [0.05, 0.1) is 5.54 Å². The Balaban J connectivity index is 2.21. The van der Waals surface area contributed by atoms with Crippen LogP contribution in [-0.4, -0.2) is 16.1 Å². The van der Waals surface area contributed by atoms with Gasteiger partial charge in [0.15, 0.2) is 5.69 Å². The van der Waals surface area contributed by atoms with Crippen LogP contribution in [0.15, 0.2) is 0 Å². The van der Waals surface area contributed by atoms with Crippen molar-refractivity contribution in [3.63, 3.8) is 0 Å². The van der Waals surface area contributed by atoms with Crippen molar-refractivity contribution in [1.29, 1.82) is 0 Å². The SMILES string of the molecule is CCC1CCC(N)(c2nc(C(=O)O)c(C)s2)CC1. The molecule has 1 aromatic rings. The van der Waals surface area contributed by atoms with Crippen LogP contribution in [0.25, 0.3) is 0 Å². The average Bonchev–Trinajstić information content (AvgIpc) is 2.73. The Bertz CT molecular complexity index is 448. The minimum absolute atomic E-state index is 0.164. The maximum atomic E-state index is 11.0. The van der Waals surface area contributed by atoms with E-state index in [1.807, 2.05) is 0 Å². The summed E-state index contributed by atoms with van der Waals surface area (Å²) < 4.78 is 0. The molecule has 0 amide bonds. The summed E-state index contributed by atoms with van der Waals surface area (Å²) in [5, 5.41) is 9.84. The first-order valence-electron chi connectivity index (χ1n) is 6.46. The quantitative estimate of drug-likeness (QED) is 0.883. The Morgan fingerprint density at radius 3 is 2.61 bits per heavy atom. The van der Waals surface area contributed by atoms with Crippen molar-refractivity contribution in [2.24, 2.45) is 11.7 Å². The van der Waals surface area contributed by atoms with Crippen LogP contribution in [0.5, 0.6) is 0 Å². The highest BCUT2D eigenvalue weighted by molar-refractivity contribution is 7.12. The Morgan fingerprint density at radius 1 is 1.56 bits per heavy atom. The molecule has 1 aliphatic carbocycles. The van der Waals surface area contributed by atoms with Crippen LogP contribution >= 0.6 is 11.3 Å². The van der Waals surface area contributed by atoms with E-state index in [1.54, 1.807) is 6.92 Å². The van der Waals surface area contributed by atoms with Crippen LogP contribution in [0.3, 0.4) is 0 Å². The molecule has 1 heterocycles. The lowest BCUT2D eigenvalue weighted by atomic mass is 9.76. The molecule has 4 nitrogen and oxygen atoms in total. The van der Waals surface area contributed by atoms with Crippen LogP contribution in [0, 0.1) is 12.8 Å². The number of carbonyl (C=O) groups is 1. The molecule has 0 bridgehead atoms. The van der Waals surface area contributed by atoms with Gasteiger partial charge in [-0.3, -0.25) is 0 Å². The van der Waals surface area contributed by atoms with E-state index in [2.05, 4.69) is 11.9 Å². The summed E-state index contributed by atoms with van der Waals surface area (Å²) >= 11 is 1.44. The maximum absolute atomic E-state index is 11.0. The molecule has 100 valence electrons. The number of aromatic nitrogens is 1. The molecular weight excluding hydrogens is 248 g/mol. The lowest BCUT2D eigenvalue weighted by Crippen LogP contribution is -2.40. The minimum atomic E-state index is -0.958. The number of aromatic carboxylic acids is 1. The van der Waals surface area contributed by atoms with E-state index >= 15 is 0 Å². The van der Waals surface area contributed by atoms with Gasteiger partial charge in [0.2, 0.25) is 0 Å². The number of nitrogens with zero attached hydrogens (tertiary/aromatic N) is 1. The highest BCUT2D eigenvalue weighted by Crippen LogP contribution is 2.40. The molecule has 1 aromatic heterocycles. The van der Waals surface area contributed by atoms with Crippen LogP contribution < -0.4 is 5.73 Å². The summed E-state index contributed by atoms with van der Waals surface area (Å²) in [6, 6.07) is 0. The van der Waals surface area contributed by atoms with Crippen molar-refractivity contribution in [1.82, 2.24) is 4.98 Å². The van der Waals surface area contributed by atoms with E-state index in [9.17, 15) is 4.79 Å². The number of hydrogen-bond acceptors (Lipinski definition) is 4. The third-order valence-electron chi connectivity index (χ3n) is 4.00. The smallest absolute Gasteiger partial charge is 0.355 e. The summed E-state index contributed by atoms with van der Waals surface area (Å²) in [5.74, 6) is -0.192. The first-order valence-corrected chi connectivity index (χ1v) is 7.28. The van der Waals surface area contributed by atoms with Crippen molar-refractivity contribution in [3.8, 4) is 0 Å². The average molecular weight is 268 g/mol. The number of hydrogen-bond donors (Lipinski definition) is 2. The van der Waals surface area contributed by atoms with Gasteiger partial charge in [0.1, 0.15) is 5.01 Å². The minimum Gasteiger partial charge on any atom is -0.476 e. The molecular formula is C13H20N2O2S. The fraction of sp³-hybridized carbons (Fsp3) is 0.692. The molecule has 0 radical (unpaired) electrons. The normalized spacial score (nSPS) is 28.3. The summed E-state index contributed by atoms with van der Waals surface area (Å²) in [6.45, 7) is 4.01. The predicted octanol–water partition coefficient (Wildman–Crippen LogP) is 2.90. The van der Waals surface area contributed by atoms with E-state index in [4.69, 9.17) is 10.8 Å². The highest BCUT2D eigenvalue weighted by atomic mass is 32.1. The molecule has 1 fully saturated rings. The van der Waals surface area contributed by atoms with Crippen molar-refractivity contribution in [3.05, 3.63) is 15.6 Å². The number of rotatable bonds is 3. The first kappa shape index (κ1) is 13.5. The van der Waals surface area contributed by atoms with Gasteiger partial charge in [-0.05, 0) is 38.5 Å². The van der Waals surface area contributed by atoms with Crippen molar-refractivity contribution < 1.29 is 9.90 Å². The van der Waals surface area contributed by atoms with Crippen LogP contribution in [0.4, 0.5) is 0 Å². The van der Waals surface area contributed by atoms with Crippen LogP contribution in [0.2, 0.25) is 0 Å². The molecule has 0 aromatic carbocycles. The fourth-order valence-electron chi connectivity index (χ4n) is 2.62. The summed E-state index contributed by atoms with van der Waals surface area (Å²) in [4.78, 5) is 16.0. The molecule has 0 spiro atoms. The van der Waals surface area contributed by atoms with E-state index in [0.29, 0.717) is 0 Å². The van der Waals surface area contributed by atoms with Gasteiger partial charge in [-0.25, -0.2) is 9.78 Å². The van der Waals surface area contributed by atoms with E-state index in [-0.39, 0.29) is 5.69 Å². The zero-order valence-electron chi connectivity index (χ0n) is 10.9. The van der Waals surface area contributed by atoms with E-state index in [0.717, 1.165) is 41.5 Å². The second kappa shape index (κ2) is 4.97. The van der Waals surface area contributed by atoms with Gasteiger partial charge < -0.3 is 10.8 Å². The fourth-order valence-corrected chi connectivity index (χ4v) is 3.69. The lowest BCUT2D eigenvalue weighted by Gasteiger charge is -2.35. The molecule has 3 N–H and O–H groups in total. The number of nitrogens with two attached hydrogens (primary N) is 1. The summed E-state index contributed by atoms with van der Waals surface area (Å²) in [7, 11) is 0. The highest BCUT2D eigenvalue weighted by Gasteiger charge is 2.36. The van der Waals surface area contributed by atoms with Gasteiger partial charge in [0, 0.05) is 4.88 Å². The Labute approximate surface area is 111 Å². The van der Waals surface area contributed by atoms with Crippen molar-refractivity contribution in [2.45, 2.75) is 51.5 Å². The number of carboxylic acid groups (broad SMARTS) is 1. The predicted molar refractivity (Wildman–Crippen MR) is 71.9 cm³/mol. The topological polar surface area (TPSA) is 76.2 Å². The molecule has 2 rings (SSSR count). The van der Waals surface area contributed by atoms with E-state index in [1.165, 1.54) is 17.8 Å². The molecule has 1 saturated carbocycles. The number of carboxylic acids is 1. The third-order valence-corrected chi connectivity index (χ3v) is 5.19. The maximum Gasteiger partial charge on any atom is 0.355 e. The van der Waals surface area contributed by atoms with Crippen molar-refractivity contribution in [2.75, 3.05) is 0 Å². The van der Waals surface area contributed by atoms with Gasteiger partial charge in [-0.1, -0.05) is 13.3 Å². The molecule has 5 heteroatoms. The first-order chi connectivity index (χ1) is 8.46. The molecule has 0 aliphatic heterocycles. The van der Waals surface area contributed by atoms with Gasteiger partial charge in [-0.15, -0.1) is 11.3 Å². The number of thiazole rings is 1. The molecule has 1 aliphatic rings. The second-order valence-electron chi connectivity index (χ2n) is 5.24. The molecule has 18 heavy (non-hydrogen) atoms.